The summed E-state index contributed by atoms with van der Waals surface area (Å²) in [5.41, 5.74) is 0. The van der Waals surface area contributed by atoms with Crippen molar-refractivity contribution >= 4 is 0 Å². The standard InChI is InChI=1S/C11H21NO2/c1-8-9(3-4-14-8)7-12-10-5-11(6-10)13-2/h8-12H,3-7H2,1-2H3. The maximum absolute atomic E-state index is 5.53. The summed E-state index contributed by atoms with van der Waals surface area (Å²) in [6, 6.07) is 0.688. The lowest BCUT2D eigenvalue weighted by atomic mass is 9.88. The van der Waals surface area contributed by atoms with Gasteiger partial charge in [0, 0.05) is 26.3 Å². The number of ether oxygens (including phenoxy) is 2. The lowest BCUT2D eigenvalue weighted by Gasteiger charge is -2.35. The molecule has 14 heavy (non-hydrogen) atoms. The van der Waals surface area contributed by atoms with Crippen molar-refractivity contribution in [3.05, 3.63) is 0 Å². The third kappa shape index (κ3) is 2.27. The molecule has 0 radical (unpaired) electrons. The fraction of sp³-hybridized carbons (Fsp3) is 1.00. The first-order valence-corrected chi connectivity index (χ1v) is 5.67. The van der Waals surface area contributed by atoms with Gasteiger partial charge in [-0.25, -0.2) is 0 Å². The molecule has 2 aliphatic rings. The molecule has 82 valence electrons. The first-order valence-electron chi connectivity index (χ1n) is 5.67. The van der Waals surface area contributed by atoms with Gasteiger partial charge in [0.1, 0.15) is 0 Å². The summed E-state index contributed by atoms with van der Waals surface area (Å²) in [5.74, 6) is 0.719. The van der Waals surface area contributed by atoms with Crippen molar-refractivity contribution in [3.63, 3.8) is 0 Å². The third-order valence-electron chi connectivity index (χ3n) is 3.63. The van der Waals surface area contributed by atoms with Crippen molar-refractivity contribution in [1.82, 2.24) is 5.32 Å². The van der Waals surface area contributed by atoms with Gasteiger partial charge in [0.2, 0.25) is 0 Å². The first kappa shape index (κ1) is 10.4. The van der Waals surface area contributed by atoms with Gasteiger partial charge in [-0.3, -0.25) is 0 Å². The molecule has 1 aliphatic heterocycles. The van der Waals surface area contributed by atoms with Crippen molar-refractivity contribution in [1.29, 1.82) is 0 Å². The number of hydrogen-bond donors (Lipinski definition) is 1. The Balaban J connectivity index is 1.59. The second kappa shape index (κ2) is 4.60. The molecule has 0 aromatic rings. The Labute approximate surface area is 86.2 Å². The van der Waals surface area contributed by atoms with Gasteiger partial charge in [-0.1, -0.05) is 0 Å². The molecule has 1 aliphatic carbocycles. The molecule has 0 aromatic heterocycles. The number of hydrogen-bond acceptors (Lipinski definition) is 3. The molecule has 2 atom stereocenters. The lowest BCUT2D eigenvalue weighted by molar-refractivity contribution is 0.0153. The third-order valence-corrected chi connectivity index (χ3v) is 3.63. The summed E-state index contributed by atoms with van der Waals surface area (Å²) >= 11 is 0. The highest BCUT2D eigenvalue weighted by molar-refractivity contribution is 4.87. The SMILES string of the molecule is COC1CC(NCC2CCOC2C)C1. The fourth-order valence-corrected chi connectivity index (χ4v) is 2.29. The Kier molecular flexibility index (Phi) is 3.42. The normalized spacial score (nSPS) is 42.4. The minimum absolute atomic E-state index is 0.445. The molecule has 1 saturated carbocycles. The Morgan fingerprint density at radius 3 is 2.79 bits per heavy atom. The topological polar surface area (TPSA) is 30.5 Å². The van der Waals surface area contributed by atoms with E-state index in [2.05, 4.69) is 12.2 Å². The van der Waals surface area contributed by atoms with E-state index in [1.807, 2.05) is 0 Å². The molecule has 0 aromatic carbocycles. The molecule has 3 heteroatoms. The molecule has 0 amide bonds. The molecular weight excluding hydrogens is 178 g/mol. The largest absolute Gasteiger partial charge is 0.381 e. The van der Waals surface area contributed by atoms with E-state index in [4.69, 9.17) is 9.47 Å². The average Bonchev–Trinajstić information content (AvgIpc) is 2.49. The van der Waals surface area contributed by atoms with Crippen LogP contribution in [0.4, 0.5) is 0 Å². The molecule has 1 heterocycles. The van der Waals surface area contributed by atoms with Gasteiger partial charge in [-0.2, -0.15) is 0 Å². The van der Waals surface area contributed by atoms with Gasteiger partial charge < -0.3 is 14.8 Å². The summed E-state index contributed by atoms with van der Waals surface area (Å²) in [4.78, 5) is 0. The van der Waals surface area contributed by atoms with Crippen molar-refractivity contribution in [3.8, 4) is 0 Å². The minimum Gasteiger partial charge on any atom is -0.381 e. The van der Waals surface area contributed by atoms with Gasteiger partial charge in [-0.05, 0) is 32.1 Å². The zero-order valence-electron chi connectivity index (χ0n) is 9.16. The van der Waals surface area contributed by atoms with Crippen LogP contribution in [0.25, 0.3) is 0 Å². The van der Waals surface area contributed by atoms with Crippen LogP contribution in [-0.4, -0.2) is 38.5 Å². The van der Waals surface area contributed by atoms with Crippen LogP contribution in [0.3, 0.4) is 0 Å². The van der Waals surface area contributed by atoms with Crippen LogP contribution in [0, 0.1) is 5.92 Å². The van der Waals surface area contributed by atoms with Crippen LogP contribution >= 0.6 is 0 Å². The van der Waals surface area contributed by atoms with Gasteiger partial charge in [0.15, 0.2) is 0 Å². The predicted octanol–water partition coefficient (Wildman–Crippen LogP) is 1.18. The zero-order valence-corrected chi connectivity index (χ0v) is 9.16. The molecule has 3 nitrogen and oxygen atoms in total. The molecular formula is C11H21NO2. The number of rotatable bonds is 4. The predicted molar refractivity (Wildman–Crippen MR) is 55.3 cm³/mol. The molecule has 0 bridgehead atoms. The molecule has 0 spiro atoms. The highest BCUT2D eigenvalue weighted by Crippen LogP contribution is 2.24. The Morgan fingerprint density at radius 1 is 1.43 bits per heavy atom. The van der Waals surface area contributed by atoms with E-state index in [1.54, 1.807) is 7.11 Å². The van der Waals surface area contributed by atoms with E-state index in [0.29, 0.717) is 18.2 Å². The van der Waals surface area contributed by atoms with E-state index in [9.17, 15) is 0 Å². The van der Waals surface area contributed by atoms with Gasteiger partial charge in [0.25, 0.3) is 0 Å². The van der Waals surface area contributed by atoms with Crippen molar-refractivity contribution in [2.45, 2.75) is 44.4 Å². The van der Waals surface area contributed by atoms with E-state index >= 15 is 0 Å². The second-order valence-electron chi connectivity index (χ2n) is 4.56. The van der Waals surface area contributed by atoms with E-state index in [1.165, 1.54) is 19.3 Å². The Hall–Kier alpha value is -0.120. The summed E-state index contributed by atoms with van der Waals surface area (Å²) in [7, 11) is 1.80. The quantitative estimate of drug-likeness (QED) is 0.737. The van der Waals surface area contributed by atoms with Crippen LogP contribution in [0.2, 0.25) is 0 Å². The minimum atomic E-state index is 0.445. The van der Waals surface area contributed by atoms with Crippen LogP contribution in [0.5, 0.6) is 0 Å². The Morgan fingerprint density at radius 2 is 2.21 bits per heavy atom. The molecule has 1 saturated heterocycles. The average molecular weight is 199 g/mol. The second-order valence-corrected chi connectivity index (χ2v) is 4.56. The summed E-state index contributed by atoms with van der Waals surface area (Å²) in [5, 5.41) is 3.60. The van der Waals surface area contributed by atoms with E-state index in [-0.39, 0.29) is 0 Å². The fourth-order valence-electron chi connectivity index (χ4n) is 2.29. The highest BCUT2D eigenvalue weighted by atomic mass is 16.5. The monoisotopic (exact) mass is 199 g/mol. The van der Waals surface area contributed by atoms with E-state index < -0.39 is 0 Å². The summed E-state index contributed by atoms with van der Waals surface area (Å²) in [6.07, 6.45) is 4.52. The van der Waals surface area contributed by atoms with E-state index in [0.717, 1.165) is 19.1 Å². The number of nitrogens with one attached hydrogen (secondary N) is 1. The molecule has 2 fully saturated rings. The smallest absolute Gasteiger partial charge is 0.0601 e. The lowest BCUT2D eigenvalue weighted by Crippen LogP contribution is -2.47. The highest BCUT2D eigenvalue weighted by Gasteiger charge is 2.30. The van der Waals surface area contributed by atoms with Crippen molar-refractivity contribution in [2.24, 2.45) is 5.92 Å². The van der Waals surface area contributed by atoms with Crippen LogP contribution in [-0.2, 0) is 9.47 Å². The molecule has 1 N–H and O–H groups in total. The summed E-state index contributed by atoms with van der Waals surface area (Å²) in [6.45, 7) is 4.24. The zero-order chi connectivity index (χ0) is 9.97. The summed E-state index contributed by atoms with van der Waals surface area (Å²) < 4.78 is 10.8. The Bertz CT molecular complexity index is 180. The van der Waals surface area contributed by atoms with Gasteiger partial charge in [-0.15, -0.1) is 0 Å². The first-order chi connectivity index (χ1) is 6.79. The maximum Gasteiger partial charge on any atom is 0.0601 e. The molecule has 2 rings (SSSR count). The van der Waals surface area contributed by atoms with Gasteiger partial charge >= 0.3 is 0 Å². The van der Waals surface area contributed by atoms with Crippen LogP contribution in [0.1, 0.15) is 26.2 Å². The maximum atomic E-state index is 5.53. The van der Waals surface area contributed by atoms with Crippen molar-refractivity contribution < 1.29 is 9.47 Å². The van der Waals surface area contributed by atoms with Crippen molar-refractivity contribution in [2.75, 3.05) is 20.3 Å². The molecule has 2 unspecified atom stereocenters. The number of methoxy groups -OCH3 is 1. The van der Waals surface area contributed by atoms with Crippen LogP contribution < -0.4 is 5.32 Å². The van der Waals surface area contributed by atoms with Gasteiger partial charge in [0.05, 0.1) is 12.2 Å². The van der Waals surface area contributed by atoms with Crippen LogP contribution in [0.15, 0.2) is 0 Å².